The van der Waals surface area contributed by atoms with Crippen molar-refractivity contribution in [3.63, 3.8) is 0 Å². The highest BCUT2D eigenvalue weighted by molar-refractivity contribution is 5.87. The van der Waals surface area contributed by atoms with Crippen LogP contribution in [0.3, 0.4) is 0 Å². The van der Waals surface area contributed by atoms with Crippen LogP contribution in [0, 0.1) is 5.82 Å². The zero-order chi connectivity index (χ0) is 25.6. The van der Waals surface area contributed by atoms with E-state index in [-0.39, 0.29) is 32.1 Å². The minimum Gasteiger partial charge on any atom is -0.457 e. The van der Waals surface area contributed by atoms with Crippen LogP contribution >= 0.6 is 0 Å². The summed E-state index contributed by atoms with van der Waals surface area (Å²) in [6.07, 6.45) is 11.0. The Morgan fingerprint density at radius 3 is 2.00 bits per heavy atom. The zero-order valence-corrected chi connectivity index (χ0v) is 21.3. The van der Waals surface area contributed by atoms with E-state index in [0.717, 1.165) is 30.1 Å². The Morgan fingerprint density at radius 1 is 0.743 bits per heavy atom. The molecule has 1 rings (SSSR count). The Bertz CT molecular complexity index is 682. The van der Waals surface area contributed by atoms with E-state index in [9.17, 15) is 14.0 Å². The predicted octanol–water partition coefficient (Wildman–Crippen LogP) is 4.95. The normalized spacial score (nSPS) is 10.8. The van der Waals surface area contributed by atoms with E-state index < -0.39 is 17.9 Å². The van der Waals surface area contributed by atoms with Gasteiger partial charge in [-0.1, -0.05) is 51.9 Å². The van der Waals surface area contributed by atoms with Gasteiger partial charge in [0.15, 0.2) is 11.5 Å². The lowest BCUT2D eigenvalue weighted by Crippen LogP contribution is -2.22. The van der Waals surface area contributed by atoms with E-state index in [1.165, 1.54) is 44.7 Å². The summed E-state index contributed by atoms with van der Waals surface area (Å²) in [6.45, 7) is 5.73. The SMILES string of the molecule is CCCCCCCCCCCOn1ccc(F)c1C(=O)OCCOC(=O)OCCOCCOCC. The van der Waals surface area contributed by atoms with Crippen molar-refractivity contribution in [3.05, 3.63) is 23.8 Å². The summed E-state index contributed by atoms with van der Waals surface area (Å²) in [4.78, 5) is 29.2. The average Bonchev–Trinajstić information content (AvgIpc) is 3.22. The summed E-state index contributed by atoms with van der Waals surface area (Å²) in [7, 11) is 0. The highest BCUT2D eigenvalue weighted by atomic mass is 19.1. The number of halogens is 1. The number of nitrogens with zero attached hydrogens (tertiary/aromatic N) is 1. The third kappa shape index (κ3) is 15.3. The van der Waals surface area contributed by atoms with Crippen molar-refractivity contribution in [1.82, 2.24) is 4.73 Å². The van der Waals surface area contributed by atoms with Crippen molar-refractivity contribution in [2.24, 2.45) is 0 Å². The van der Waals surface area contributed by atoms with Gasteiger partial charge in [0, 0.05) is 12.8 Å². The zero-order valence-electron chi connectivity index (χ0n) is 21.3. The number of ether oxygens (including phenoxy) is 5. The van der Waals surface area contributed by atoms with Crippen LogP contribution in [0.25, 0.3) is 0 Å². The summed E-state index contributed by atoms with van der Waals surface area (Å²) in [5, 5.41) is 0. The fraction of sp³-hybridized carbons (Fsp3) is 0.760. The van der Waals surface area contributed by atoms with Crippen LogP contribution in [0.15, 0.2) is 12.3 Å². The first-order chi connectivity index (χ1) is 17.1. The molecule has 0 saturated carbocycles. The molecule has 0 aromatic carbocycles. The molecular formula is C25H42FNO8. The lowest BCUT2D eigenvalue weighted by molar-refractivity contribution is 0.00110. The molecule has 1 heterocycles. The second-order valence-corrected chi connectivity index (χ2v) is 7.89. The standard InChI is InChI=1S/C25H42FNO8/c1-3-5-6-7-8-9-10-11-12-15-35-27-14-13-22(26)23(27)24(28)32-20-21-34-25(29)33-19-18-31-17-16-30-4-2/h13-14H,3-12,15-21H2,1-2H3. The van der Waals surface area contributed by atoms with Crippen LogP contribution in [-0.2, 0) is 23.7 Å². The van der Waals surface area contributed by atoms with Gasteiger partial charge in [0.25, 0.3) is 0 Å². The number of esters is 1. The Morgan fingerprint density at radius 2 is 1.31 bits per heavy atom. The molecule has 9 nitrogen and oxygen atoms in total. The first-order valence-corrected chi connectivity index (χ1v) is 12.7. The van der Waals surface area contributed by atoms with Crippen molar-refractivity contribution in [3.8, 4) is 0 Å². The lowest BCUT2D eigenvalue weighted by Gasteiger charge is -2.11. The Kier molecular flexibility index (Phi) is 18.4. The van der Waals surface area contributed by atoms with Crippen molar-refractivity contribution >= 4 is 12.1 Å². The number of rotatable bonds is 22. The highest BCUT2D eigenvalue weighted by Crippen LogP contribution is 2.11. The molecule has 0 saturated heterocycles. The fourth-order valence-corrected chi connectivity index (χ4v) is 3.18. The summed E-state index contributed by atoms with van der Waals surface area (Å²) in [6, 6.07) is 1.14. The Balaban J connectivity index is 2.14. The molecular weight excluding hydrogens is 461 g/mol. The van der Waals surface area contributed by atoms with Crippen LogP contribution < -0.4 is 4.84 Å². The van der Waals surface area contributed by atoms with Crippen molar-refractivity contribution < 1.29 is 42.5 Å². The second-order valence-electron chi connectivity index (χ2n) is 7.89. The smallest absolute Gasteiger partial charge is 0.457 e. The van der Waals surface area contributed by atoms with E-state index in [2.05, 4.69) is 6.92 Å². The first kappa shape index (κ1) is 30.7. The molecule has 0 spiro atoms. The lowest BCUT2D eigenvalue weighted by atomic mass is 10.1. The summed E-state index contributed by atoms with van der Waals surface area (Å²) in [5.41, 5.74) is -0.326. The molecule has 1 aromatic rings. The monoisotopic (exact) mass is 503 g/mol. The van der Waals surface area contributed by atoms with Gasteiger partial charge in [-0.05, 0) is 25.8 Å². The van der Waals surface area contributed by atoms with Crippen LogP contribution in [0.2, 0.25) is 0 Å². The van der Waals surface area contributed by atoms with Crippen LogP contribution in [-0.4, -0.2) is 69.7 Å². The van der Waals surface area contributed by atoms with Gasteiger partial charge in [0.2, 0.25) is 0 Å². The van der Waals surface area contributed by atoms with Gasteiger partial charge < -0.3 is 28.5 Å². The largest absolute Gasteiger partial charge is 0.508 e. The number of hydrogen-bond donors (Lipinski definition) is 0. The van der Waals surface area contributed by atoms with Gasteiger partial charge in [-0.15, -0.1) is 0 Å². The fourth-order valence-electron chi connectivity index (χ4n) is 3.18. The van der Waals surface area contributed by atoms with Crippen molar-refractivity contribution in [1.29, 1.82) is 0 Å². The van der Waals surface area contributed by atoms with E-state index in [4.69, 9.17) is 28.5 Å². The van der Waals surface area contributed by atoms with Gasteiger partial charge in [0.1, 0.15) is 26.4 Å². The van der Waals surface area contributed by atoms with Crippen LogP contribution in [0.4, 0.5) is 9.18 Å². The minimum atomic E-state index is -0.909. The van der Waals surface area contributed by atoms with E-state index in [0.29, 0.717) is 26.4 Å². The molecule has 0 fully saturated rings. The van der Waals surface area contributed by atoms with Crippen LogP contribution in [0.5, 0.6) is 0 Å². The van der Waals surface area contributed by atoms with Gasteiger partial charge in [-0.25, -0.2) is 14.0 Å². The number of carbonyl (C=O) groups excluding carboxylic acids is 2. The quantitative estimate of drug-likeness (QED) is 0.162. The Hall–Kier alpha value is -2.33. The van der Waals surface area contributed by atoms with E-state index >= 15 is 0 Å². The summed E-state index contributed by atoms with van der Waals surface area (Å²) in [5.74, 6) is -1.65. The minimum absolute atomic E-state index is 0.0275. The molecule has 10 heteroatoms. The molecule has 0 unspecified atom stereocenters. The summed E-state index contributed by atoms with van der Waals surface area (Å²) >= 11 is 0. The number of hydrogen-bond acceptors (Lipinski definition) is 8. The van der Waals surface area contributed by atoms with Gasteiger partial charge in [-0.3, -0.25) is 0 Å². The molecule has 0 atom stereocenters. The first-order valence-electron chi connectivity index (χ1n) is 12.7. The molecule has 0 aliphatic rings. The molecule has 202 valence electrons. The number of unbranched alkanes of at least 4 members (excludes halogenated alkanes) is 8. The molecule has 0 amide bonds. The third-order valence-electron chi connectivity index (χ3n) is 5.03. The van der Waals surface area contributed by atoms with Crippen molar-refractivity contribution in [2.75, 3.05) is 52.9 Å². The summed E-state index contributed by atoms with van der Waals surface area (Å²) < 4.78 is 40.0. The topological polar surface area (TPSA) is 94.5 Å². The average molecular weight is 504 g/mol. The Labute approximate surface area is 208 Å². The number of carbonyl (C=O) groups is 2. The van der Waals surface area contributed by atoms with Crippen LogP contribution in [0.1, 0.15) is 82.1 Å². The maximum Gasteiger partial charge on any atom is 0.508 e. The molecule has 0 bridgehead atoms. The third-order valence-corrected chi connectivity index (χ3v) is 5.03. The maximum atomic E-state index is 14.0. The second kappa shape index (κ2) is 21.0. The van der Waals surface area contributed by atoms with Gasteiger partial charge >= 0.3 is 12.1 Å². The molecule has 1 aromatic heterocycles. The van der Waals surface area contributed by atoms with E-state index in [1.807, 2.05) is 6.92 Å². The molecule has 0 aliphatic heterocycles. The molecule has 0 N–H and O–H groups in total. The van der Waals surface area contributed by atoms with E-state index in [1.54, 1.807) is 0 Å². The molecule has 35 heavy (non-hydrogen) atoms. The highest BCUT2D eigenvalue weighted by Gasteiger charge is 2.20. The van der Waals surface area contributed by atoms with Crippen molar-refractivity contribution in [2.45, 2.75) is 71.6 Å². The number of aromatic nitrogens is 1. The maximum absolute atomic E-state index is 14.0. The molecule has 0 radical (unpaired) electrons. The van der Waals surface area contributed by atoms with Gasteiger partial charge in [0.05, 0.1) is 19.8 Å². The molecule has 0 aliphatic carbocycles. The van der Waals surface area contributed by atoms with Gasteiger partial charge in [-0.2, -0.15) is 4.73 Å². The predicted molar refractivity (Wildman–Crippen MR) is 128 cm³/mol.